The number of nitrogens with one attached hydrogen (secondary N) is 1. The van der Waals surface area contributed by atoms with Gasteiger partial charge in [0, 0.05) is 6.04 Å². The summed E-state index contributed by atoms with van der Waals surface area (Å²) < 4.78 is 26.1. The molecule has 0 saturated carbocycles. The van der Waals surface area contributed by atoms with Crippen LogP contribution in [0.5, 0.6) is 0 Å². The normalized spacial score (nSPS) is 13.6. The number of aromatic carboxylic acids is 1. The monoisotopic (exact) mass is 279 g/mol. The first kappa shape index (κ1) is 14.1. The molecule has 6 nitrogen and oxygen atoms in total. The number of carboxylic acids is 1. The van der Waals surface area contributed by atoms with Gasteiger partial charge in [0.2, 0.25) is 10.0 Å². The Morgan fingerprint density at radius 2 is 2.18 bits per heavy atom. The average Bonchev–Trinajstić information content (AvgIpc) is 2.60. The molecule has 0 amide bonds. The van der Waals surface area contributed by atoms with Crippen LogP contribution in [0.4, 0.5) is 0 Å². The minimum atomic E-state index is -3.92. The molecule has 1 aromatic rings. The van der Waals surface area contributed by atoms with Crippen LogP contribution in [0.25, 0.3) is 0 Å². The highest BCUT2D eigenvalue weighted by atomic mass is 32.2. The van der Waals surface area contributed by atoms with Gasteiger partial charge in [-0.3, -0.25) is 0 Å². The number of sulfonamides is 1. The van der Waals surface area contributed by atoms with E-state index < -0.39 is 22.0 Å². The quantitative estimate of drug-likeness (QED) is 0.724. The summed E-state index contributed by atoms with van der Waals surface area (Å²) in [4.78, 5) is 10.5. The van der Waals surface area contributed by atoms with E-state index in [1.54, 1.807) is 0 Å². The number of carbonyl (C=O) groups is 1. The van der Waals surface area contributed by atoms with E-state index in [9.17, 15) is 13.2 Å². The zero-order valence-corrected chi connectivity index (χ0v) is 10.9. The fourth-order valence-corrected chi connectivity index (χ4v) is 4.14. The molecule has 0 aliphatic heterocycles. The molecule has 8 heteroatoms. The number of thiophene rings is 1. The third kappa shape index (κ3) is 3.03. The van der Waals surface area contributed by atoms with Crippen LogP contribution in [0.2, 0.25) is 0 Å². The van der Waals surface area contributed by atoms with Gasteiger partial charge in [0.15, 0.2) is 0 Å². The second-order valence-corrected chi connectivity index (χ2v) is 6.12. The standard InChI is InChI=1S/C9H13NO5S2/c1-5-4-16-7(9(12)13)8(5)17(14,15)10-6(2)3-11/h4,6,10-11H,3H2,1-2H3,(H,12,13). The lowest BCUT2D eigenvalue weighted by Crippen LogP contribution is -2.35. The van der Waals surface area contributed by atoms with Crippen LogP contribution in [-0.4, -0.2) is 37.2 Å². The third-order valence-electron chi connectivity index (χ3n) is 2.01. The highest BCUT2D eigenvalue weighted by Gasteiger charge is 2.27. The minimum absolute atomic E-state index is 0.222. The molecule has 1 rings (SSSR count). The molecule has 1 aromatic heterocycles. The SMILES string of the molecule is Cc1csc(C(=O)O)c1S(=O)(=O)NC(C)CO. The molecule has 0 fully saturated rings. The molecular formula is C9H13NO5S2. The van der Waals surface area contributed by atoms with Crippen LogP contribution in [-0.2, 0) is 10.0 Å². The van der Waals surface area contributed by atoms with Crippen molar-refractivity contribution in [2.24, 2.45) is 0 Å². The van der Waals surface area contributed by atoms with Crippen molar-refractivity contribution in [1.29, 1.82) is 0 Å². The van der Waals surface area contributed by atoms with Gasteiger partial charge in [0.25, 0.3) is 0 Å². The lowest BCUT2D eigenvalue weighted by Gasteiger charge is -2.12. The molecule has 0 spiro atoms. The van der Waals surface area contributed by atoms with Gasteiger partial charge in [-0.05, 0) is 24.8 Å². The van der Waals surface area contributed by atoms with E-state index in [0.717, 1.165) is 11.3 Å². The minimum Gasteiger partial charge on any atom is -0.477 e. The van der Waals surface area contributed by atoms with E-state index in [0.29, 0.717) is 5.56 Å². The summed E-state index contributed by atoms with van der Waals surface area (Å²) in [6.07, 6.45) is 0. The fourth-order valence-electron chi connectivity index (χ4n) is 1.28. The maximum absolute atomic E-state index is 11.9. The van der Waals surface area contributed by atoms with Crippen molar-refractivity contribution in [3.8, 4) is 0 Å². The highest BCUT2D eigenvalue weighted by molar-refractivity contribution is 7.89. The number of hydrogen-bond acceptors (Lipinski definition) is 5. The molecule has 1 heterocycles. The van der Waals surface area contributed by atoms with Gasteiger partial charge in [0.05, 0.1) is 6.61 Å². The van der Waals surface area contributed by atoms with Gasteiger partial charge < -0.3 is 10.2 Å². The Bertz CT molecular complexity index is 519. The van der Waals surface area contributed by atoms with E-state index in [1.165, 1.54) is 19.2 Å². The molecule has 0 aliphatic rings. The second-order valence-electron chi connectivity index (χ2n) is 3.59. The topological polar surface area (TPSA) is 104 Å². The third-order valence-corrected chi connectivity index (χ3v) is 5.00. The maximum atomic E-state index is 11.9. The van der Waals surface area contributed by atoms with Crippen LogP contribution in [0.1, 0.15) is 22.2 Å². The van der Waals surface area contributed by atoms with E-state index in [1.807, 2.05) is 0 Å². The number of aliphatic hydroxyl groups is 1. The van der Waals surface area contributed by atoms with Crippen LogP contribution >= 0.6 is 11.3 Å². The Balaban J connectivity index is 3.23. The lowest BCUT2D eigenvalue weighted by atomic mass is 10.3. The van der Waals surface area contributed by atoms with Gasteiger partial charge >= 0.3 is 5.97 Å². The number of aryl methyl sites for hydroxylation is 1. The predicted molar refractivity (Wildman–Crippen MR) is 62.9 cm³/mol. The largest absolute Gasteiger partial charge is 0.477 e. The number of aliphatic hydroxyl groups excluding tert-OH is 1. The summed E-state index contributed by atoms with van der Waals surface area (Å²) >= 11 is 0.865. The zero-order valence-electron chi connectivity index (χ0n) is 9.30. The smallest absolute Gasteiger partial charge is 0.347 e. The molecule has 0 aliphatic carbocycles. The first-order chi connectivity index (χ1) is 7.79. The summed E-state index contributed by atoms with van der Waals surface area (Å²) in [7, 11) is -3.92. The average molecular weight is 279 g/mol. The summed E-state index contributed by atoms with van der Waals surface area (Å²) in [5.74, 6) is -1.28. The molecule has 17 heavy (non-hydrogen) atoms. The number of hydrogen-bond donors (Lipinski definition) is 3. The van der Waals surface area contributed by atoms with Gasteiger partial charge in [-0.15, -0.1) is 11.3 Å². The van der Waals surface area contributed by atoms with E-state index >= 15 is 0 Å². The van der Waals surface area contributed by atoms with Gasteiger partial charge in [-0.25, -0.2) is 17.9 Å². The predicted octanol–water partition coefficient (Wildman–Crippen LogP) is 0.414. The molecule has 1 atom stereocenters. The molecule has 0 saturated heterocycles. The highest BCUT2D eigenvalue weighted by Crippen LogP contribution is 2.26. The molecule has 96 valence electrons. The number of rotatable bonds is 5. The molecule has 0 radical (unpaired) electrons. The van der Waals surface area contributed by atoms with Crippen molar-refractivity contribution >= 4 is 27.3 Å². The first-order valence-corrected chi connectivity index (χ1v) is 7.10. The molecule has 0 aromatic carbocycles. The Kier molecular flexibility index (Phi) is 4.26. The lowest BCUT2D eigenvalue weighted by molar-refractivity contribution is 0.0698. The molecule has 1 unspecified atom stereocenters. The van der Waals surface area contributed by atoms with E-state index in [2.05, 4.69) is 4.72 Å². The maximum Gasteiger partial charge on any atom is 0.347 e. The molecular weight excluding hydrogens is 266 g/mol. The summed E-state index contributed by atoms with van der Waals surface area (Å²) in [6, 6.07) is -0.666. The van der Waals surface area contributed by atoms with Gasteiger partial charge in [-0.2, -0.15) is 0 Å². The van der Waals surface area contributed by atoms with Crippen molar-refractivity contribution in [2.45, 2.75) is 24.8 Å². The Labute approximate surface area is 103 Å². The van der Waals surface area contributed by atoms with Crippen LogP contribution < -0.4 is 4.72 Å². The van der Waals surface area contributed by atoms with Crippen molar-refractivity contribution in [3.05, 3.63) is 15.8 Å². The van der Waals surface area contributed by atoms with Crippen LogP contribution in [0.3, 0.4) is 0 Å². The number of carboxylic acid groups (broad SMARTS) is 1. The van der Waals surface area contributed by atoms with Crippen molar-refractivity contribution < 1.29 is 23.4 Å². The second kappa shape index (κ2) is 5.13. The van der Waals surface area contributed by atoms with Gasteiger partial charge in [0.1, 0.15) is 9.77 Å². The van der Waals surface area contributed by atoms with E-state index in [4.69, 9.17) is 10.2 Å². The van der Waals surface area contributed by atoms with Gasteiger partial charge in [-0.1, -0.05) is 0 Å². The van der Waals surface area contributed by atoms with E-state index in [-0.39, 0.29) is 16.4 Å². The van der Waals surface area contributed by atoms with Crippen molar-refractivity contribution in [2.75, 3.05) is 6.61 Å². The summed E-state index contributed by atoms with van der Waals surface area (Å²) in [5.41, 5.74) is 0.380. The Morgan fingerprint density at radius 1 is 1.59 bits per heavy atom. The molecule has 3 N–H and O–H groups in total. The summed E-state index contributed by atoms with van der Waals surface area (Å²) in [6.45, 7) is 2.66. The zero-order chi connectivity index (χ0) is 13.2. The van der Waals surface area contributed by atoms with Crippen molar-refractivity contribution in [1.82, 2.24) is 4.72 Å². The van der Waals surface area contributed by atoms with Crippen LogP contribution in [0, 0.1) is 6.92 Å². The first-order valence-electron chi connectivity index (χ1n) is 4.74. The summed E-state index contributed by atoms with van der Waals surface area (Å²) in [5, 5.41) is 19.2. The van der Waals surface area contributed by atoms with Crippen LogP contribution in [0.15, 0.2) is 10.3 Å². The molecule has 0 bridgehead atoms. The Morgan fingerprint density at radius 3 is 2.65 bits per heavy atom. The fraction of sp³-hybridized carbons (Fsp3) is 0.444. The van der Waals surface area contributed by atoms with Crippen molar-refractivity contribution in [3.63, 3.8) is 0 Å². The Hall–Kier alpha value is -0.960.